The number of benzene rings is 2. The van der Waals surface area contributed by atoms with Gasteiger partial charge in [-0.25, -0.2) is 0 Å². The van der Waals surface area contributed by atoms with Crippen molar-refractivity contribution >= 4 is 5.91 Å². The fourth-order valence-corrected chi connectivity index (χ4v) is 3.00. The fraction of sp³-hybridized carbons (Fsp3) is 0.238. The second-order valence-corrected chi connectivity index (χ2v) is 6.63. The lowest BCUT2D eigenvalue weighted by molar-refractivity contribution is 0.0934. The van der Waals surface area contributed by atoms with Crippen molar-refractivity contribution < 1.29 is 14.3 Å². The van der Waals surface area contributed by atoms with E-state index >= 15 is 0 Å². The predicted octanol–water partition coefficient (Wildman–Crippen LogP) is 3.65. The summed E-state index contributed by atoms with van der Waals surface area (Å²) in [6, 6.07) is 15.3. The molecule has 6 nitrogen and oxygen atoms in total. The summed E-state index contributed by atoms with van der Waals surface area (Å²) in [5, 5.41) is 10.1. The first-order valence-corrected chi connectivity index (χ1v) is 8.93. The zero-order chi connectivity index (χ0) is 18.8. The molecule has 0 unspecified atom stereocenters. The van der Waals surface area contributed by atoms with Crippen molar-refractivity contribution in [3.8, 4) is 22.8 Å². The topological polar surface area (TPSA) is 76.2 Å². The van der Waals surface area contributed by atoms with E-state index in [0.717, 1.165) is 22.6 Å². The van der Waals surface area contributed by atoms with Gasteiger partial charge in [-0.15, -0.1) is 0 Å². The monoisotopic (exact) mass is 363 g/mol. The SMILES string of the molecule is Cc1ccc(-c2cc(C(=O)N[C@H](C)c3ccc4c(c3)OCCO4)[nH]n2)cc1. The lowest BCUT2D eigenvalue weighted by Crippen LogP contribution is -2.27. The summed E-state index contributed by atoms with van der Waals surface area (Å²) in [4.78, 5) is 12.6. The molecule has 0 bridgehead atoms. The van der Waals surface area contributed by atoms with Gasteiger partial charge >= 0.3 is 0 Å². The number of nitrogens with one attached hydrogen (secondary N) is 2. The van der Waals surface area contributed by atoms with Crippen LogP contribution in [0.1, 0.15) is 34.6 Å². The van der Waals surface area contributed by atoms with E-state index in [9.17, 15) is 4.79 Å². The van der Waals surface area contributed by atoms with Gasteiger partial charge in [-0.3, -0.25) is 9.89 Å². The van der Waals surface area contributed by atoms with Gasteiger partial charge in [-0.2, -0.15) is 5.10 Å². The molecule has 3 aromatic rings. The van der Waals surface area contributed by atoms with Crippen molar-refractivity contribution in [1.82, 2.24) is 15.5 Å². The highest BCUT2D eigenvalue weighted by Gasteiger charge is 2.17. The van der Waals surface area contributed by atoms with E-state index in [0.29, 0.717) is 24.7 Å². The number of nitrogens with zero attached hydrogens (tertiary/aromatic N) is 1. The molecule has 27 heavy (non-hydrogen) atoms. The second kappa shape index (κ2) is 7.15. The van der Waals surface area contributed by atoms with E-state index in [-0.39, 0.29) is 11.9 Å². The molecular weight excluding hydrogens is 342 g/mol. The highest BCUT2D eigenvalue weighted by molar-refractivity contribution is 5.93. The van der Waals surface area contributed by atoms with E-state index in [4.69, 9.17) is 9.47 Å². The van der Waals surface area contributed by atoms with Gasteiger partial charge in [0, 0.05) is 5.56 Å². The standard InChI is InChI=1S/C21H21N3O3/c1-13-3-5-15(6-4-13)17-12-18(24-23-17)21(25)22-14(2)16-7-8-19-20(11-16)27-10-9-26-19/h3-8,11-12,14H,9-10H2,1-2H3,(H,22,25)(H,23,24)/t14-/m1/s1. The molecule has 2 aromatic carbocycles. The third kappa shape index (κ3) is 3.65. The van der Waals surface area contributed by atoms with Crippen LogP contribution in [0, 0.1) is 6.92 Å². The first-order valence-electron chi connectivity index (χ1n) is 8.93. The van der Waals surface area contributed by atoms with Crippen LogP contribution < -0.4 is 14.8 Å². The number of hydrogen-bond acceptors (Lipinski definition) is 4. The largest absolute Gasteiger partial charge is 0.486 e. The maximum Gasteiger partial charge on any atom is 0.269 e. The number of aryl methyl sites for hydroxylation is 1. The molecule has 6 heteroatoms. The van der Waals surface area contributed by atoms with Gasteiger partial charge in [0.1, 0.15) is 18.9 Å². The smallest absolute Gasteiger partial charge is 0.269 e. The molecule has 2 heterocycles. The minimum Gasteiger partial charge on any atom is -0.486 e. The van der Waals surface area contributed by atoms with E-state index in [1.165, 1.54) is 5.56 Å². The van der Waals surface area contributed by atoms with E-state index in [1.54, 1.807) is 6.07 Å². The van der Waals surface area contributed by atoms with Crippen LogP contribution in [0.5, 0.6) is 11.5 Å². The Balaban J connectivity index is 1.46. The molecule has 1 amide bonds. The maximum absolute atomic E-state index is 12.6. The van der Waals surface area contributed by atoms with Gasteiger partial charge < -0.3 is 14.8 Å². The van der Waals surface area contributed by atoms with Crippen molar-refractivity contribution in [2.45, 2.75) is 19.9 Å². The minimum absolute atomic E-state index is 0.181. The van der Waals surface area contributed by atoms with Crippen LogP contribution in [0.2, 0.25) is 0 Å². The number of H-pyrrole nitrogens is 1. The zero-order valence-corrected chi connectivity index (χ0v) is 15.3. The minimum atomic E-state index is -0.205. The van der Waals surface area contributed by atoms with Gasteiger partial charge in [-0.1, -0.05) is 35.9 Å². The van der Waals surface area contributed by atoms with Crippen LogP contribution in [0.15, 0.2) is 48.5 Å². The second-order valence-electron chi connectivity index (χ2n) is 6.63. The number of hydrogen-bond donors (Lipinski definition) is 2. The number of rotatable bonds is 4. The maximum atomic E-state index is 12.6. The number of ether oxygens (including phenoxy) is 2. The van der Waals surface area contributed by atoms with E-state index in [2.05, 4.69) is 15.5 Å². The molecule has 0 aliphatic carbocycles. The third-order valence-electron chi connectivity index (χ3n) is 4.58. The number of aromatic nitrogens is 2. The van der Waals surface area contributed by atoms with Crippen molar-refractivity contribution in [3.63, 3.8) is 0 Å². The average molecular weight is 363 g/mol. The lowest BCUT2D eigenvalue weighted by Gasteiger charge is -2.21. The molecule has 0 radical (unpaired) electrons. The molecule has 4 rings (SSSR count). The van der Waals surface area contributed by atoms with Gasteiger partial charge in [-0.05, 0) is 37.6 Å². The van der Waals surface area contributed by atoms with Crippen LogP contribution in [-0.4, -0.2) is 29.3 Å². The molecule has 1 aromatic heterocycles. The molecule has 1 aliphatic heterocycles. The van der Waals surface area contributed by atoms with Crippen LogP contribution in [0.25, 0.3) is 11.3 Å². The van der Waals surface area contributed by atoms with Crippen LogP contribution in [0.4, 0.5) is 0 Å². The molecule has 138 valence electrons. The number of aromatic amines is 1. The Morgan fingerprint density at radius 1 is 1.07 bits per heavy atom. The summed E-state index contributed by atoms with van der Waals surface area (Å²) < 4.78 is 11.1. The predicted molar refractivity (Wildman–Crippen MR) is 102 cm³/mol. The van der Waals surface area contributed by atoms with Crippen LogP contribution in [0.3, 0.4) is 0 Å². The summed E-state index contributed by atoms with van der Waals surface area (Å²) in [6.07, 6.45) is 0. The molecule has 0 saturated carbocycles. The number of amides is 1. The first-order chi connectivity index (χ1) is 13.1. The van der Waals surface area contributed by atoms with Gasteiger partial charge in [0.15, 0.2) is 11.5 Å². The van der Waals surface area contributed by atoms with Crippen molar-refractivity contribution in [2.75, 3.05) is 13.2 Å². The first kappa shape index (κ1) is 17.1. The molecule has 0 fully saturated rings. The Hall–Kier alpha value is -3.28. The molecule has 0 saturated heterocycles. The Kier molecular flexibility index (Phi) is 4.54. The van der Waals surface area contributed by atoms with Crippen molar-refractivity contribution in [1.29, 1.82) is 0 Å². The number of fused-ring (bicyclic) bond motifs is 1. The Morgan fingerprint density at radius 2 is 1.81 bits per heavy atom. The summed E-state index contributed by atoms with van der Waals surface area (Å²) in [5.41, 5.74) is 4.27. The molecule has 1 aliphatic rings. The Bertz CT molecular complexity index is 963. The zero-order valence-electron chi connectivity index (χ0n) is 15.3. The van der Waals surface area contributed by atoms with Gasteiger partial charge in [0.25, 0.3) is 5.91 Å². The van der Waals surface area contributed by atoms with E-state index < -0.39 is 0 Å². The van der Waals surface area contributed by atoms with Crippen LogP contribution >= 0.6 is 0 Å². The summed E-state index contributed by atoms with van der Waals surface area (Å²) in [7, 11) is 0. The molecule has 1 atom stereocenters. The van der Waals surface area contributed by atoms with Gasteiger partial charge in [0.05, 0.1) is 11.7 Å². The van der Waals surface area contributed by atoms with Crippen molar-refractivity contribution in [3.05, 3.63) is 65.4 Å². The number of carbonyl (C=O) groups excluding carboxylic acids is 1. The van der Waals surface area contributed by atoms with Crippen LogP contribution in [-0.2, 0) is 0 Å². The third-order valence-corrected chi connectivity index (χ3v) is 4.58. The lowest BCUT2D eigenvalue weighted by atomic mass is 10.1. The van der Waals surface area contributed by atoms with Crippen molar-refractivity contribution in [2.24, 2.45) is 0 Å². The highest BCUT2D eigenvalue weighted by atomic mass is 16.6. The molecule has 2 N–H and O–H groups in total. The summed E-state index contributed by atoms with van der Waals surface area (Å²) in [6.45, 7) is 5.06. The van der Waals surface area contributed by atoms with E-state index in [1.807, 2.05) is 56.3 Å². The Morgan fingerprint density at radius 3 is 2.59 bits per heavy atom. The average Bonchev–Trinajstić information content (AvgIpc) is 3.18. The van der Waals surface area contributed by atoms with Gasteiger partial charge in [0.2, 0.25) is 0 Å². The summed E-state index contributed by atoms with van der Waals surface area (Å²) >= 11 is 0. The molecular formula is C21H21N3O3. The Labute approximate surface area is 157 Å². The summed E-state index contributed by atoms with van der Waals surface area (Å²) in [5.74, 6) is 1.24. The fourth-order valence-electron chi connectivity index (χ4n) is 3.00. The number of carbonyl (C=O) groups is 1. The highest BCUT2D eigenvalue weighted by Crippen LogP contribution is 2.32. The quantitative estimate of drug-likeness (QED) is 0.742. The molecule has 0 spiro atoms. The normalized spacial score (nSPS) is 13.9.